The molecule has 3 aromatic carbocycles. The summed E-state index contributed by atoms with van der Waals surface area (Å²) in [6.45, 7) is 1.17. The smallest absolute Gasteiger partial charge is 0.254 e. The van der Waals surface area contributed by atoms with E-state index < -0.39 is 0 Å². The van der Waals surface area contributed by atoms with Crippen LogP contribution in [0, 0.1) is 0 Å². The van der Waals surface area contributed by atoms with E-state index in [0.29, 0.717) is 18.7 Å². The second-order valence-electron chi connectivity index (χ2n) is 7.00. The molecule has 4 nitrogen and oxygen atoms in total. The summed E-state index contributed by atoms with van der Waals surface area (Å²) < 4.78 is 1.79. The van der Waals surface area contributed by atoms with E-state index in [1.165, 1.54) is 11.1 Å². The number of carbonyl (C=O) groups excluding carboxylic acids is 1. The van der Waals surface area contributed by atoms with Crippen LogP contribution < -0.4 is 5.32 Å². The Bertz CT molecular complexity index is 1000. The summed E-state index contributed by atoms with van der Waals surface area (Å²) in [5.41, 5.74) is 4.08. The van der Waals surface area contributed by atoms with Crippen molar-refractivity contribution < 1.29 is 4.79 Å². The largest absolute Gasteiger partial charge is 0.351 e. The highest BCUT2D eigenvalue weighted by Gasteiger charge is 2.16. The van der Waals surface area contributed by atoms with Gasteiger partial charge in [-0.2, -0.15) is 5.10 Å². The predicted molar refractivity (Wildman–Crippen MR) is 115 cm³/mol. The van der Waals surface area contributed by atoms with Gasteiger partial charge in [-0.3, -0.25) is 9.48 Å². The SMILES string of the molecule is O=C(NCC(c1ccccc1)c1ccccc1)c1cnn(Cc2ccccc2)c1. The number of benzene rings is 3. The molecule has 4 heteroatoms. The van der Waals surface area contributed by atoms with Crippen LogP contribution in [0.15, 0.2) is 103 Å². The van der Waals surface area contributed by atoms with E-state index in [2.05, 4.69) is 34.7 Å². The molecule has 0 aliphatic carbocycles. The highest BCUT2D eigenvalue weighted by atomic mass is 16.1. The molecule has 0 radical (unpaired) electrons. The lowest BCUT2D eigenvalue weighted by atomic mass is 9.91. The molecule has 0 bridgehead atoms. The Labute approximate surface area is 170 Å². The lowest BCUT2D eigenvalue weighted by Gasteiger charge is -2.18. The van der Waals surface area contributed by atoms with E-state index >= 15 is 0 Å². The normalized spacial score (nSPS) is 10.8. The van der Waals surface area contributed by atoms with E-state index in [4.69, 9.17) is 0 Å². The van der Waals surface area contributed by atoms with E-state index in [1.807, 2.05) is 66.7 Å². The van der Waals surface area contributed by atoms with E-state index in [9.17, 15) is 4.79 Å². The minimum absolute atomic E-state index is 0.0979. The Morgan fingerprint density at radius 2 is 1.38 bits per heavy atom. The second-order valence-corrected chi connectivity index (χ2v) is 7.00. The summed E-state index contributed by atoms with van der Waals surface area (Å²) in [4.78, 5) is 12.7. The molecule has 0 spiro atoms. The number of hydrogen-bond donors (Lipinski definition) is 1. The minimum Gasteiger partial charge on any atom is -0.351 e. The molecule has 0 saturated carbocycles. The van der Waals surface area contributed by atoms with E-state index in [0.717, 1.165) is 5.56 Å². The fraction of sp³-hybridized carbons (Fsp3) is 0.120. The van der Waals surface area contributed by atoms with Crippen LogP contribution in [0.1, 0.15) is 33.0 Å². The monoisotopic (exact) mass is 381 g/mol. The third-order valence-electron chi connectivity index (χ3n) is 4.95. The van der Waals surface area contributed by atoms with Crippen LogP contribution in [0.25, 0.3) is 0 Å². The quantitative estimate of drug-likeness (QED) is 0.513. The fourth-order valence-corrected chi connectivity index (χ4v) is 3.43. The highest BCUT2D eigenvalue weighted by molar-refractivity contribution is 5.93. The Morgan fingerprint density at radius 3 is 1.97 bits per heavy atom. The molecule has 144 valence electrons. The summed E-state index contributed by atoms with van der Waals surface area (Å²) in [6.07, 6.45) is 3.42. The summed E-state index contributed by atoms with van der Waals surface area (Å²) in [5, 5.41) is 7.41. The van der Waals surface area contributed by atoms with Crippen LogP contribution in [-0.4, -0.2) is 22.2 Å². The van der Waals surface area contributed by atoms with Crippen molar-refractivity contribution in [1.29, 1.82) is 0 Å². The molecule has 0 saturated heterocycles. The Kier molecular flexibility index (Phi) is 5.81. The van der Waals surface area contributed by atoms with Gasteiger partial charge in [0.25, 0.3) is 5.91 Å². The number of carbonyl (C=O) groups is 1. The van der Waals surface area contributed by atoms with Crippen molar-refractivity contribution in [2.75, 3.05) is 6.54 Å². The van der Waals surface area contributed by atoms with Crippen LogP contribution in [0.3, 0.4) is 0 Å². The molecule has 4 rings (SSSR count). The van der Waals surface area contributed by atoms with Crippen LogP contribution in [0.5, 0.6) is 0 Å². The van der Waals surface area contributed by atoms with Gasteiger partial charge in [0.2, 0.25) is 0 Å². The van der Waals surface area contributed by atoms with E-state index in [-0.39, 0.29) is 11.8 Å². The molecular formula is C25H23N3O. The zero-order valence-electron chi connectivity index (χ0n) is 16.1. The average Bonchev–Trinajstić information content (AvgIpc) is 3.25. The zero-order valence-corrected chi connectivity index (χ0v) is 16.1. The molecule has 1 N–H and O–H groups in total. The molecule has 0 aliphatic heterocycles. The minimum atomic E-state index is -0.110. The van der Waals surface area contributed by atoms with E-state index in [1.54, 1.807) is 17.1 Å². The third kappa shape index (κ3) is 4.79. The summed E-state index contributed by atoms with van der Waals surface area (Å²) >= 11 is 0. The molecule has 29 heavy (non-hydrogen) atoms. The molecule has 1 amide bonds. The number of hydrogen-bond acceptors (Lipinski definition) is 2. The molecule has 0 unspecified atom stereocenters. The maximum atomic E-state index is 12.7. The molecule has 1 aromatic heterocycles. The van der Waals surface area contributed by atoms with Crippen LogP contribution >= 0.6 is 0 Å². The first-order valence-electron chi connectivity index (χ1n) is 9.74. The highest BCUT2D eigenvalue weighted by Crippen LogP contribution is 2.23. The first-order valence-corrected chi connectivity index (χ1v) is 9.74. The standard InChI is InChI=1S/C25H23N3O/c29-25(23-16-27-28(19-23)18-20-10-4-1-5-11-20)26-17-24(21-12-6-2-7-13-21)22-14-8-3-9-15-22/h1-16,19,24H,17-18H2,(H,26,29). The van der Waals surface area contributed by atoms with Gasteiger partial charge in [0.1, 0.15) is 0 Å². The van der Waals surface area contributed by atoms with Crippen molar-refractivity contribution in [2.24, 2.45) is 0 Å². The molecule has 0 fully saturated rings. The third-order valence-corrected chi connectivity index (χ3v) is 4.95. The van der Waals surface area contributed by atoms with Gasteiger partial charge in [-0.25, -0.2) is 0 Å². The lowest BCUT2D eigenvalue weighted by Crippen LogP contribution is -2.28. The van der Waals surface area contributed by atoms with Gasteiger partial charge in [0.15, 0.2) is 0 Å². The number of aromatic nitrogens is 2. The van der Waals surface area contributed by atoms with Crippen LogP contribution in [0.4, 0.5) is 0 Å². The van der Waals surface area contributed by atoms with Crippen molar-refractivity contribution in [1.82, 2.24) is 15.1 Å². The van der Waals surface area contributed by atoms with Gasteiger partial charge < -0.3 is 5.32 Å². The van der Waals surface area contributed by atoms with Gasteiger partial charge in [0.05, 0.1) is 18.3 Å². The van der Waals surface area contributed by atoms with Gasteiger partial charge in [0, 0.05) is 18.7 Å². The van der Waals surface area contributed by atoms with Gasteiger partial charge in [-0.05, 0) is 16.7 Å². The topological polar surface area (TPSA) is 46.9 Å². The number of nitrogens with zero attached hydrogens (tertiary/aromatic N) is 2. The van der Waals surface area contributed by atoms with Crippen molar-refractivity contribution in [3.8, 4) is 0 Å². The second kappa shape index (κ2) is 9.02. The van der Waals surface area contributed by atoms with Gasteiger partial charge in [-0.15, -0.1) is 0 Å². The number of rotatable bonds is 7. The molecular weight excluding hydrogens is 358 g/mol. The maximum Gasteiger partial charge on any atom is 0.254 e. The van der Waals surface area contributed by atoms with Crippen LogP contribution in [0.2, 0.25) is 0 Å². The molecule has 4 aromatic rings. The Hall–Kier alpha value is -3.66. The first kappa shape index (κ1) is 18.7. The maximum absolute atomic E-state index is 12.7. The van der Waals surface area contributed by atoms with Gasteiger partial charge in [-0.1, -0.05) is 91.0 Å². The summed E-state index contributed by atoms with van der Waals surface area (Å²) in [7, 11) is 0. The number of nitrogens with one attached hydrogen (secondary N) is 1. The van der Waals surface area contributed by atoms with Crippen molar-refractivity contribution in [3.05, 3.63) is 126 Å². The molecule has 0 aliphatic rings. The fourth-order valence-electron chi connectivity index (χ4n) is 3.43. The van der Waals surface area contributed by atoms with Crippen LogP contribution in [-0.2, 0) is 6.54 Å². The Morgan fingerprint density at radius 1 is 0.828 bits per heavy atom. The summed E-state index contributed by atoms with van der Waals surface area (Å²) in [6, 6.07) is 30.6. The zero-order chi connectivity index (χ0) is 19.9. The first-order chi connectivity index (χ1) is 14.3. The molecule has 1 heterocycles. The number of amides is 1. The van der Waals surface area contributed by atoms with Crippen molar-refractivity contribution >= 4 is 5.91 Å². The summed E-state index contributed by atoms with van der Waals surface area (Å²) in [5.74, 6) is -0.0121. The van der Waals surface area contributed by atoms with Crippen molar-refractivity contribution in [3.63, 3.8) is 0 Å². The average molecular weight is 381 g/mol. The van der Waals surface area contributed by atoms with Crippen molar-refractivity contribution in [2.45, 2.75) is 12.5 Å². The van der Waals surface area contributed by atoms with Gasteiger partial charge >= 0.3 is 0 Å². The lowest BCUT2D eigenvalue weighted by molar-refractivity contribution is 0.0952. The molecule has 0 atom stereocenters. The Balaban J connectivity index is 1.45. The predicted octanol–water partition coefficient (Wildman–Crippen LogP) is 4.49.